The number of benzene rings is 1. The summed E-state index contributed by atoms with van der Waals surface area (Å²) in [6.45, 7) is 5.95. The third kappa shape index (κ3) is 4.42. The topological polar surface area (TPSA) is 55.2 Å². The molecule has 0 amide bonds. The smallest absolute Gasteiger partial charge is 0.384 e. The number of rotatable bonds is 3. The van der Waals surface area contributed by atoms with Crippen molar-refractivity contribution >= 4 is 11.4 Å². The number of non-ortho nitro benzene ring substituents is 1. The number of hydrogen-bond donors (Lipinski definition) is 1. The van der Waals surface area contributed by atoms with E-state index in [1.165, 1.54) is 0 Å². The summed E-state index contributed by atoms with van der Waals surface area (Å²) in [6.07, 6.45) is -4.63. The zero-order valence-corrected chi connectivity index (χ0v) is 10.8. The Balaban J connectivity index is 3.13. The second-order valence-electron chi connectivity index (χ2n) is 5.40. The summed E-state index contributed by atoms with van der Waals surface area (Å²) in [5, 5.41) is 13.2. The van der Waals surface area contributed by atoms with Crippen LogP contribution < -0.4 is 5.32 Å². The van der Waals surface area contributed by atoms with Crippen molar-refractivity contribution in [1.82, 2.24) is 0 Å². The lowest BCUT2D eigenvalue weighted by Crippen LogP contribution is -2.21. The Morgan fingerprint density at radius 1 is 1.26 bits per heavy atom. The van der Waals surface area contributed by atoms with Gasteiger partial charge in [0.25, 0.3) is 5.69 Å². The monoisotopic (exact) mass is 276 g/mol. The van der Waals surface area contributed by atoms with E-state index in [-0.39, 0.29) is 11.1 Å². The Hall–Kier alpha value is -1.79. The molecule has 0 bridgehead atoms. The second kappa shape index (κ2) is 5.07. The van der Waals surface area contributed by atoms with E-state index in [4.69, 9.17) is 0 Å². The zero-order chi connectivity index (χ0) is 14.8. The minimum atomic E-state index is -4.63. The van der Waals surface area contributed by atoms with E-state index in [1.807, 2.05) is 20.8 Å². The molecular weight excluding hydrogens is 261 g/mol. The second-order valence-corrected chi connectivity index (χ2v) is 5.40. The first-order valence-corrected chi connectivity index (χ1v) is 5.60. The maximum absolute atomic E-state index is 12.8. The van der Waals surface area contributed by atoms with Gasteiger partial charge in [0, 0.05) is 24.4 Å². The largest absolute Gasteiger partial charge is 0.418 e. The van der Waals surface area contributed by atoms with Crippen molar-refractivity contribution in [2.45, 2.75) is 26.9 Å². The Morgan fingerprint density at radius 2 is 1.84 bits per heavy atom. The summed E-state index contributed by atoms with van der Waals surface area (Å²) in [5.41, 5.74) is -1.95. The summed E-state index contributed by atoms with van der Waals surface area (Å²) >= 11 is 0. The van der Waals surface area contributed by atoms with Crippen molar-refractivity contribution in [3.63, 3.8) is 0 Å². The van der Waals surface area contributed by atoms with Gasteiger partial charge in [0.05, 0.1) is 10.5 Å². The van der Waals surface area contributed by atoms with Gasteiger partial charge in [-0.2, -0.15) is 13.2 Å². The summed E-state index contributed by atoms with van der Waals surface area (Å²) in [7, 11) is 0. The van der Waals surface area contributed by atoms with Gasteiger partial charge < -0.3 is 5.32 Å². The van der Waals surface area contributed by atoms with Crippen molar-refractivity contribution in [3.8, 4) is 0 Å². The molecule has 0 spiro atoms. The van der Waals surface area contributed by atoms with Crippen LogP contribution in [0, 0.1) is 15.5 Å². The van der Waals surface area contributed by atoms with Crippen LogP contribution in [0.5, 0.6) is 0 Å². The number of hydrogen-bond acceptors (Lipinski definition) is 3. The van der Waals surface area contributed by atoms with Crippen molar-refractivity contribution in [2.24, 2.45) is 5.41 Å². The average molecular weight is 276 g/mol. The number of halogens is 3. The molecule has 0 aliphatic carbocycles. The Morgan fingerprint density at radius 3 is 2.26 bits per heavy atom. The van der Waals surface area contributed by atoms with Crippen molar-refractivity contribution in [2.75, 3.05) is 11.9 Å². The molecule has 0 heterocycles. The number of nitro benzene ring substituents is 1. The number of nitro groups is 1. The number of nitrogens with one attached hydrogen (secondary N) is 1. The lowest BCUT2D eigenvalue weighted by atomic mass is 9.96. The highest BCUT2D eigenvalue weighted by atomic mass is 19.4. The first-order chi connectivity index (χ1) is 8.50. The predicted molar refractivity (Wildman–Crippen MR) is 66.0 cm³/mol. The highest BCUT2D eigenvalue weighted by molar-refractivity contribution is 5.57. The van der Waals surface area contributed by atoms with Crippen LogP contribution in [-0.4, -0.2) is 11.5 Å². The molecule has 0 saturated carbocycles. The highest BCUT2D eigenvalue weighted by Gasteiger charge is 2.35. The van der Waals surface area contributed by atoms with Gasteiger partial charge in [-0.3, -0.25) is 10.1 Å². The maximum Gasteiger partial charge on any atom is 0.418 e. The fourth-order valence-electron chi connectivity index (χ4n) is 1.39. The molecule has 1 N–H and O–H groups in total. The molecule has 19 heavy (non-hydrogen) atoms. The third-order valence-electron chi connectivity index (χ3n) is 2.33. The number of nitrogens with zero attached hydrogens (tertiary/aromatic N) is 1. The molecule has 7 heteroatoms. The van der Waals surface area contributed by atoms with Gasteiger partial charge in [0.1, 0.15) is 0 Å². The molecule has 0 radical (unpaired) electrons. The average Bonchev–Trinajstić information content (AvgIpc) is 2.23. The van der Waals surface area contributed by atoms with Crippen LogP contribution in [0.15, 0.2) is 18.2 Å². The highest BCUT2D eigenvalue weighted by Crippen LogP contribution is 2.37. The van der Waals surface area contributed by atoms with Crippen LogP contribution in [0.2, 0.25) is 0 Å². The maximum atomic E-state index is 12.8. The quantitative estimate of drug-likeness (QED) is 0.668. The van der Waals surface area contributed by atoms with Gasteiger partial charge in [0.15, 0.2) is 0 Å². The summed E-state index contributed by atoms with van der Waals surface area (Å²) in [6, 6.07) is 2.69. The minimum Gasteiger partial charge on any atom is -0.384 e. The van der Waals surface area contributed by atoms with Gasteiger partial charge in [-0.15, -0.1) is 0 Å². The van der Waals surface area contributed by atoms with E-state index in [2.05, 4.69) is 5.32 Å². The zero-order valence-electron chi connectivity index (χ0n) is 10.8. The standard InChI is InChI=1S/C12H15F3N2O2/c1-11(2,3)7-16-10-5-4-8(17(18)19)6-9(10)12(13,14)15/h4-6,16H,7H2,1-3H3. The molecule has 0 atom stereocenters. The molecule has 0 aromatic heterocycles. The van der Waals surface area contributed by atoms with Gasteiger partial charge in [-0.05, 0) is 11.5 Å². The summed E-state index contributed by atoms with van der Waals surface area (Å²) in [4.78, 5) is 9.68. The third-order valence-corrected chi connectivity index (χ3v) is 2.33. The van der Waals surface area contributed by atoms with E-state index in [0.29, 0.717) is 12.6 Å². The summed E-state index contributed by atoms with van der Waals surface area (Å²) < 4.78 is 38.5. The molecule has 1 aromatic carbocycles. The molecule has 1 aromatic rings. The number of anilines is 1. The van der Waals surface area contributed by atoms with Crippen molar-refractivity contribution in [1.29, 1.82) is 0 Å². The first kappa shape index (κ1) is 15.3. The van der Waals surface area contributed by atoms with Crippen LogP contribution in [0.1, 0.15) is 26.3 Å². The van der Waals surface area contributed by atoms with Crippen LogP contribution in [0.25, 0.3) is 0 Å². The van der Waals surface area contributed by atoms with E-state index in [9.17, 15) is 23.3 Å². The molecule has 0 unspecified atom stereocenters. The summed E-state index contributed by atoms with van der Waals surface area (Å²) in [5.74, 6) is 0. The molecule has 0 saturated heterocycles. The van der Waals surface area contributed by atoms with Crippen LogP contribution in [0.4, 0.5) is 24.5 Å². The molecule has 4 nitrogen and oxygen atoms in total. The van der Waals surface area contributed by atoms with Gasteiger partial charge in [-0.1, -0.05) is 20.8 Å². The predicted octanol–water partition coefficient (Wildman–Crippen LogP) is 4.07. The minimum absolute atomic E-state index is 0.145. The number of alkyl halides is 3. The van der Waals surface area contributed by atoms with Crippen molar-refractivity contribution in [3.05, 3.63) is 33.9 Å². The fraction of sp³-hybridized carbons (Fsp3) is 0.500. The van der Waals surface area contributed by atoms with Crippen molar-refractivity contribution < 1.29 is 18.1 Å². The molecule has 0 fully saturated rings. The normalized spacial score (nSPS) is 12.3. The van der Waals surface area contributed by atoms with E-state index >= 15 is 0 Å². The molecule has 0 aliphatic rings. The van der Waals surface area contributed by atoms with Crippen LogP contribution in [-0.2, 0) is 6.18 Å². The van der Waals surface area contributed by atoms with Gasteiger partial charge in [0.2, 0.25) is 0 Å². The SMILES string of the molecule is CC(C)(C)CNc1ccc([N+](=O)[O-])cc1C(F)(F)F. The fourth-order valence-corrected chi connectivity index (χ4v) is 1.39. The molecule has 106 valence electrons. The molecule has 1 rings (SSSR count). The van der Waals surface area contributed by atoms with Crippen LogP contribution >= 0.6 is 0 Å². The Kier molecular flexibility index (Phi) is 4.07. The first-order valence-electron chi connectivity index (χ1n) is 5.60. The lowest BCUT2D eigenvalue weighted by Gasteiger charge is -2.21. The van der Waals surface area contributed by atoms with Gasteiger partial charge in [-0.25, -0.2) is 0 Å². The molecular formula is C12H15F3N2O2. The Labute approximate surface area is 108 Å². The van der Waals surface area contributed by atoms with Crippen LogP contribution in [0.3, 0.4) is 0 Å². The van der Waals surface area contributed by atoms with E-state index in [0.717, 1.165) is 12.1 Å². The van der Waals surface area contributed by atoms with Gasteiger partial charge >= 0.3 is 6.18 Å². The molecule has 0 aliphatic heterocycles. The van der Waals surface area contributed by atoms with E-state index in [1.54, 1.807) is 0 Å². The Bertz CT molecular complexity index is 479. The van der Waals surface area contributed by atoms with E-state index < -0.39 is 22.4 Å². The lowest BCUT2D eigenvalue weighted by molar-refractivity contribution is -0.385.